The largest absolute Gasteiger partial charge is 0.487 e. The van der Waals surface area contributed by atoms with E-state index in [0.29, 0.717) is 29.2 Å². The fraction of sp³-hybridized carbons (Fsp3) is 0.429. The summed E-state index contributed by atoms with van der Waals surface area (Å²) in [5.74, 6) is 0.359. The Hall–Kier alpha value is -2.21. The second kappa shape index (κ2) is 8.21. The van der Waals surface area contributed by atoms with Crippen molar-refractivity contribution in [3.05, 3.63) is 40.5 Å². The number of ketones is 1. The van der Waals surface area contributed by atoms with Crippen molar-refractivity contribution in [3.8, 4) is 16.2 Å². The van der Waals surface area contributed by atoms with Gasteiger partial charge in [-0.2, -0.15) is 0 Å². The minimum Gasteiger partial charge on any atom is -0.487 e. The van der Waals surface area contributed by atoms with E-state index in [9.17, 15) is 14.0 Å². The minimum atomic E-state index is -0.327. The van der Waals surface area contributed by atoms with E-state index in [1.165, 1.54) is 30.4 Å². The fourth-order valence-electron chi connectivity index (χ4n) is 3.38. The summed E-state index contributed by atoms with van der Waals surface area (Å²) >= 11 is 1.33. The molecule has 1 N–H and O–H groups in total. The molecule has 0 saturated heterocycles. The van der Waals surface area contributed by atoms with Crippen molar-refractivity contribution in [2.45, 2.75) is 46.1 Å². The molecule has 3 rings (SSSR count). The van der Waals surface area contributed by atoms with Crippen LogP contribution >= 0.6 is 11.3 Å². The van der Waals surface area contributed by atoms with Crippen LogP contribution in [0.15, 0.2) is 24.3 Å². The van der Waals surface area contributed by atoms with Gasteiger partial charge in [0.2, 0.25) is 5.91 Å². The van der Waals surface area contributed by atoms with Crippen LogP contribution in [0, 0.1) is 11.7 Å². The number of hydrogen-bond donors (Lipinski definition) is 1. The van der Waals surface area contributed by atoms with Crippen LogP contribution in [0.1, 0.15) is 48.8 Å². The van der Waals surface area contributed by atoms with Gasteiger partial charge in [-0.3, -0.25) is 9.59 Å². The van der Waals surface area contributed by atoms with E-state index >= 15 is 0 Å². The van der Waals surface area contributed by atoms with Crippen LogP contribution in [0.2, 0.25) is 0 Å². The van der Waals surface area contributed by atoms with Gasteiger partial charge < -0.3 is 10.1 Å². The summed E-state index contributed by atoms with van der Waals surface area (Å²) in [6.45, 7) is 5.91. The number of thiophene rings is 1. The van der Waals surface area contributed by atoms with Gasteiger partial charge in [0.1, 0.15) is 17.7 Å². The molecule has 1 amide bonds. The molecule has 1 aliphatic heterocycles. The second-order valence-corrected chi connectivity index (χ2v) is 7.95. The van der Waals surface area contributed by atoms with Gasteiger partial charge in [-0.15, -0.1) is 11.3 Å². The van der Waals surface area contributed by atoms with Crippen LogP contribution < -0.4 is 10.1 Å². The molecule has 1 aliphatic rings. The molecule has 0 saturated carbocycles. The number of hydrogen-bond acceptors (Lipinski definition) is 4. The SMILES string of the molecule is CCC(CC)C(=O)NCC1Cc2cc(F)cc(-c3ccc(C(C)=O)s3)c2O1. The Labute approximate surface area is 162 Å². The van der Waals surface area contributed by atoms with Crippen molar-refractivity contribution in [1.29, 1.82) is 0 Å². The smallest absolute Gasteiger partial charge is 0.223 e. The van der Waals surface area contributed by atoms with Crippen molar-refractivity contribution in [2.24, 2.45) is 5.92 Å². The summed E-state index contributed by atoms with van der Waals surface area (Å²) in [5.41, 5.74) is 1.46. The molecule has 27 heavy (non-hydrogen) atoms. The lowest BCUT2D eigenvalue weighted by Gasteiger charge is -2.16. The van der Waals surface area contributed by atoms with Gasteiger partial charge in [-0.25, -0.2) is 4.39 Å². The maximum atomic E-state index is 14.1. The molecule has 1 aromatic carbocycles. The number of Topliss-reactive ketones (excluding diaryl/α,β-unsaturated/α-hetero) is 1. The Morgan fingerprint density at radius 1 is 1.30 bits per heavy atom. The zero-order chi connectivity index (χ0) is 19.6. The molecule has 2 aromatic rings. The van der Waals surface area contributed by atoms with Gasteiger partial charge in [0.25, 0.3) is 0 Å². The third-order valence-corrected chi connectivity index (χ3v) is 6.16. The van der Waals surface area contributed by atoms with Gasteiger partial charge in [-0.1, -0.05) is 13.8 Å². The van der Waals surface area contributed by atoms with E-state index < -0.39 is 0 Å². The zero-order valence-corrected chi connectivity index (χ0v) is 16.6. The van der Waals surface area contributed by atoms with Crippen molar-refractivity contribution < 1.29 is 18.7 Å². The molecule has 1 aromatic heterocycles. The molecule has 0 spiro atoms. The van der Waals surface area contributed by atoms with Crippen LogP contribution in [0.5, 0.6) is 5.75 Å². The molecule has 144 valence electrons. The van der Waals surface area contributed by atoms with E-state index in [2.05, 4.69) is 5.32 Å². The standard InChI is InChI=1S/C21H24FNO3S/c1-4-13(5-2)21(25)23-11-16-9-14-8-15(22)10-17(20(14)26-16)19-7-6-18(27-19)12(3)24/h6-8,10,13,16H,4-5,9,11H2,1-3H3,(H,23,25). The first-order valence-electron chi connectivity index (χ1n) is 9.30. The van der Waals surface area contributed by atoms with Crippen molar-refractivity contribution >= 4 is 23.0 Å². The summed E-state index contributed by atoms with van der Waals surface area (Å²) in [5, 5.41) is 2.95. The van der Waals surface area contributed by atoms with Crippen LogP contribution in [0.25, 0.3) is 10.4 Å². The number of carbonyl (C=O) groups excluding carboxylic acids is 2. The van der Waals surface area contributed by atoms with E-state index in [1.807, 2.05) is 19.9 Å². The summed E-state index contributed by atoms with van der Waals surface area (Å²) in [6, 6.07) is 6.50. The van der Waals surface area contributed by atoms with Crippen LogP contribution in [-0.4, -0.2) is 24.3 Å². The van der Waals surface area contributed by atoms with E-state index in [-0.39, 0.29) is 29.5 Å². The number of carbonyl (C=O) groups is 2. The first kappa shape index (κ1) is 19.5. The molecule has 4 nitrogen and oxygen atoms in total. The maximum absolute atomic E-state index is 14.1. The highest BCUT2D eigenvalue weighted by molar-refractivity contribution is 7.17. The number of ether oxygens (including phenoxy) is 1. The van der Waals surface area contributed by atoms with Gasteiger partial charge in [0.15, 0.2) is 5.78 Å². The minimum absolute atomic E-state index is 0.0118. The van der Waals surface area contributed by atoms with Crippen molar-refractivity contribution in [2.75, 3.05) is 6.54 Å². The normalized spacial score (nSPS) is 15.5. The molecule has 6 heteroatoms. The molecule has 0 aliphatic carbocycles. The number of fused-ring (bicyclic) bond motifs is 1. The molecular formula is C21H24FNO3S. The number of amides is 1. The average molecular weight is 389 g/mol. The maximum Gasteiger partial charge on any atom is 0.223 e. The molecule has 0 bridgehead atoms. The van der Waals surface area contributed by atoms with Crippen LogP contribution in [0.4, 0.5) is 4.39 Å². The number of benzene rings is 1. The van der Waals surface area contributed by atoms with Gasteiger partial charge in [0.05, 0.1) is 11.4 Å². The Bertz CT molecular complexity index is 857. The summed E-state index contributed by atoms with van der Waals surface area (Å²) in [4.78, 5) is 25.2. The molecule has 0 radical (unpaired) electrons. The van der Waals surface area contributed by atoms with Crippen molar-refractivity contribution in [3.63, 3.8) is 0 Å². The van der Waals surface area contributed by atoms with E-state index in [1.54, 1.807) is 6.07 Å². The Kier molecular flexibility index (Phi) is 5.95. The van der Waals surface area contributed by atoms with E-state index in [4.69, 9.17) is 4.74 Å². The zero-order valence-electron chi connectivity index (χ0n) is 15.8. The third-order valence-electron chi connectivity index (χ3n) is 4.94. The molecule has 1 atom stereocenters. The van der Waals surface area contributed by atoms with Crippen LogP contribution in [0.3, 0.4) is 0 Å². The van der Waals surface area contributed by atoms with Gasteiger partial charge >= 0.3 is 0 Å². The lowest BCUT2D eigenvalue weighted by Crippen LogP contribution is -2.37. The number of nitrogens with one attached hydrogen (secondary N) is 1. The molecular weight excluding hydrogens is 365 g/mol. The van der Waals surface area contributed by atoms with Crippen molar-refractivity contribution in [1.82, 2.24) is 5.32 Å². The number of rotatable bonds is 7. The summed E-state index contributed by atoms with van der Waals surface area (Å²) in [7, 11) is 0. The quantitative estimate of drug-likeness (QED) is 0.704. The predicted octanol–water partition coefficient (Wildman–Crippen LogP) is 4.61. The Balaban J connectivity index is 1.76. The topological polar surface area (TPSA) is 55.4 Å². The van der Waals surface area contributed by atoms with E-state index in [0.717, 1.165) is 23.3 Å². The lowest BCUT2D eigenvalue weighted by molar-refractivity contribution is -0.125. The number of halogens is 1. The monoisotopic (exact) mass is 389 g/mol. The lowest BCUT2D eigenvalue weighted by atomic mass is 10.0. The average Bonchev–Trinajstić information content (AvgIpc) is 3.27. The first-order chi connectivity index (χ1) is 12.9. The second-order valence-electron chi connectivity index (χ2n) is 6.86. The fourth-order valence-corrected chi connectivity index (χ4v) is 4.30. The predicted molar refractivity (Wildman–Crippen MR) is 105 cm³/mol. The summed E-state index contributed by atoms with van der Waals surface area (Å²) in [6.07, 6.45) is 1.94. The van der Waals surface area contributed by atoms with Gasteiger partial charge in [-0.05, 0) is 44.0 Å². The molecule has 0 fully saturated rings. The highest BCUT2D eigenvalue weighted by atomic mass is 32.1. The van der Waals surface area contributed by atoms with Gasteiger partial charge in [0, 0.05) is 28.3 Å². The summed E-state index contributed by atoms with van der Waals surface area (Å²) < 4.78 is 20.2. The Morgan fingerprint density at radius 2 is 2.04 bits per heavy atom. The Morgan fingerprint density at radius 3 is 2.67 bits per heavy atom. The highest BCUT2D eigenvalue weighted by Gasteiger charge is 2.28. The van der Waals surface area contributed by atoms with Crippen LogP contribution in [-0.2, 0) is 11.2 Å². The first-order valence-corrected chi connectivity index (χ1v) is 10.1. The molecule has 1 unspecified atom stereocenters. The highest BCUT2D eigenvalue weighted by Crippen LogP contribution is 2.42. The third kappa shape index (κ3) is 4.21. The molecule has 2 heterocycles.